The lowest BCUT2D eigenvalue weighted by molar-refractivity contribution is -0.139. The summed E-state index contributed by atoms with van der Waals surface area (Å²) >= 11 is 0. The molecular formula is C16H29N3O3. The fourth-order valence-electron chi connectivity index (χ4n) is 2.83. The number of hydrogen-bond acceptors (Lipinski definition) is 4. The summed E-state index contributed by atoms with van der Waals surface area (Å²) in [6, 6.07) is 0. The molecule has 6 heteroatoms. The van der Waals surface area contributed by atoms with E-state index >= 15 is 0 Å². The van der Waals surface area contributed by atoms with Gasteiger partial charge in [-0.05, 0) is 11.8 Å². The zero-order valence-electron chi connectivity index (χ0n) is 14.0. The number of carbonyl (C=O) groups is 2. The van der Waals surface area contributed by atoms with Crippen molar-refractivity contribution in [3.63, 3.8) is 0 Å². The van der Waals surface area contributed by atoms with Crippen LogP contribution >= 0.6 is 0 Å². The average Bonchev–Trinajstić information content (AvgIpc) is 2.84. The summed E-state index contributed by atoms with van der Waals surface area (Å²) < 4.78 is 0. The van der Waals surface area contributed by atoms with Crippen molar-refractivity contribution in [2.45, 2.75) is 39.7 Å². The molecule has 0 aliphatic carbocycles. The van der Waals surface area contributed by atoms with Gasteiger partial charge in [0.25, 0.3) is 0 Å². The van der Waals surface area contributed by atoms with Gasteiger partial charge in [-0.2, -0.15) is 0 Å². The summed E-state index contributed by atoms with van der Waals surface area (Å²) in [5.74, 6) is 0.145. The van der Waals surface area contributed by atoms with Crippen molar-refractivity contribution in [2.75, 3.05) is 45.8 Å². The third-order valence-corrected chi connectivity index (χ3v) is 4.65. The van der Waals surface area contributed by atoms with Crippen LogP contribution in [0.1, 0.15) is 33.6 Å². The molecule has 0 radical (unpaired) electrons. The lowest BCUT2D eigenvalue weighted by atomic mass is 9.89. The number of aliphatic hydroxyl groups is 1. The average molecular weight is 311 g/mol. The van der Waals surface area contributed by atoms with Crippen molar-refractivity contribution in [1.29, 1.82) is 0 Å². The quantitative estimate of drug-likeness (QED) is 0.803. The smallest absolute Gasteiger partial charge is 0.242 e. The van der Waals surface area contributed by atoms with Gasteiger partial charge in [-0.3, -0.25) is 14.5 Å². The number of β-amino-alcohol motifs (C(OH)–C–C–N with tert-alkyl or cyclic N) is 1. The molecule has 0 bridgehead atoms. The van der Waals surface area contributed by atoms with Crippen LogP contribution in [0.4, 0.5) is 0 Å². The predicted molar refractivity (Wildman–Crippen MR) is 84.3 cm³/mol. The molecule has 2 rings (SSSR count). The molecule has 0 saturated carbocycles. The van der Waals surface area contributed by atoms with Gasteiger partial charge in [-0.15, -0.1) is 0 Å². The summed E-state index contributed by atoms with van der Waals surface area (Å²) in [4.78, 5) is 29.5. The Balaban J connectivity index is 1.74. The van der Waals surface area contributed by atoms with Crippen LogP contribution in [0.2, 0.25) is 0 Å². The van der Waals surface area contributed by atoms with Gasteiger partial charge in [-0.25, -0.2) is 0 Å². The van der Waals surface area contributed by atoms with E-state index in [0.717, 1.165) is 19.5 Å². The minimum atomic E-state index is -0.364. The van der Waals surface area contributed by atoms with E-state index < -0.39 is 0 Å². The molecule has 1 N–H and O–H groups in total. The molecule has 126 valence electrons. The summed E-state index contributed by atoms with van der Waals surface area (Å²) in [5.41, 5.74) is -0.122. The highest BCUT2D eigenvalue weighted by Gasteiger charge is 2.29. The largest absolute Gasteiger partial charge is 0.391 e. The molecular weight excluding hydrogens is 282 g/mol. The van der Waals surface area contributed by atoms with E-state index in [4.69, 9.17) is 0 Å². The van der Waals surface area contributed by atoms with Crippen LogP contribution in [0.25, 0.3) is 0 Å². The van der Waals surface area contributed by atoms with Gasteiger partial charge in [-0.1, -0.05) is 20.8 Å². The highest BCUT2D eigenvalue weighted by atomic mass is 16.3. The van der Waals surface area contributed by atoms with Gasteiger partial charge in [0.1, 0.15) is 0 Å². The SMILES string of the molecule is CC(C)(C)[C@H](O)CN1CCN(C(=O)CN2CCCC2=O)CC1. The molecule has 2 heterocycles. The van der Waals surface area contributed by atoms with Crippen LogP contribution in [0, 0.1) is 5.41 Å². The van der Waals surface area contributed by atoms with E-state index in [1.807, 2.05) is 25.7 Å². The van der Waals surface area contributed by atoms with Crippen molar-refractivity contribution in [3.05, 3.63) is 0 Å². The van der Waals surface area contributed by atoms with Crippen molar-refractivity contribution in [2.24, 2.45) is 5.41 Å². The van der Waals surface area contributed by atoms with Crippen molar-refractivity contribution in [1.82, 2.24) is 14.7 Å². The molecule has 22 heavy (non-hydrogen) atoms. The number of aliphatic hydroxyl groups excluding tert-OH is 1. The third-order valence-electron chi connectivity index (χ3n) is 4.65. The van der Waals surface area contributed by atoms with Gasteiger partial charge >= 0.3 is 0 Å². The molecule has 0 aromatic rings. The summed E-state index contributed by atoms with van der Waals surface area (Å²) in [7, 11) is 0. The Morgan fingerprint density at radius 1 is 1.18 bits per heavy atom. The van der Waals surface area contributed by atoms with Crippen LogP contribution in [-0.4, -0.2) is 83.5 Å². The molecule has 0 unspecified atom stereocenters. The maximum Gasteiger partial charge on any atom is 0.242 e. The molecule has 0 aromatic carbocycles. The van der Waals surface area contributed by atoms with E-state index in [9.17, 15) is 14.7 Å². The summed E-state index contributed by atoms with van der Waals surface area (Å²) in [6.07, 6.45) is 1.08. The van der Waals surface area contributed by atoms with Crippen LogP contribution in [-0.2, 0) is 9.59 Å². The number of hydrogen-bond donors (Lipinski definition) is 1. The molecule has 1 atom stereocenters. The highest BCUT2D eigenvalue weighted by molar-refractivity contribution is 5.85. The molecule has 0 aromatic heterocycles. The molecule has 2 aliphatic rings. The maximum atomic E-state index is 12.3. The van der Waals surface area contributed by atoms with E-state index in [-0.39, 0.29) is 29.9 Å². The standard InChI is InChI=1S/C16H29N3O3/c1-16(2,3)13(20)11-17-7-9-18(10-8-17)15(22)12-19-6-4-5-14(19)21/h13,20H,4-12H2,1-3H3/t13-/m1/s1. The number of piperazine rings is 1. The molecule has 2 aliphatic heterocycles. The highest BCUT2D eigenvalue weighted by Crippen LogP contribution is 2.20. The number of likely N-dealkylation sites (tertiary alicyclic amines) is 1. The fraction of sp³-hybridized carbons (Fsp3) is 0.875. The van der Waals surface area contributed by atoms with Gasteiger partial charge in [0.15, 0.2) is 0 Å². The second kappa shape index (κ2) is 6.96. The Labute approximate surface area is 133 Å². The van der Waals surface area contributed by atoms with Crippen LogP contribution < -0.4 is 0 Å². The normalized spacial score (nSPS) is 22.3. The zero-order valence-corrected chi connectivity index (χ0v) is 14.0. The Bertz CT molecular complexity index is 411. The first-order chi connectivity index (χ1) is 10.3. The molecule has 2 fully saturated rings. The number of amides is 2. The molecule has 6 nitrogen and oxygen atoms in total. The van der Waals surface area contributed by atoms with E-state index in [0.29, 0.717) is 32.6 Å². The van der Waals surface area contributed by atoms with Crippen molar-refractivity contribution in [3.8, 4) is 0 Å². The topological polar surface area (TPSA) is 64.1 Å². The minimum absolute atomic E-state index is 0.0475. The van der Waals surface area contributed by atoms with E-state index in [2.05, 4.69) is 4.90 Å². The molecule has 2 saturated heterocycles. The van der Waals surface area contributed by atoms with E-state index in [1.54, 1.807) is 4.90 Å². The summed E-state index contributed by atoms with van der Waals surface area (Å²) in [5, 5.41) is 10.2. The monoisotopic (exact) mass is 311 g/mol. The van der Waals surface area contributed by atoms with Crippen molar-refractivity contribution < 1.29 is 14.7 Å². The van der Waals surface area contributed by atoms with Gasteiger partial charge < -0.3 is 14.9 Å². The molecule has 2 amide bonds. The first-order valence-corrected chi connectivity index (χ1v) is 8.23. The Kier molecular flexibility index (Phi) is 5.45. The number of rotatable bonds is 4. The minimum Gasteiger partial charge on any atom is -0.391 e. The lowest BCUT2D eigenvalue weighted by Gasteiger charge is -2.38. The predicted octanol–water partition coefficient (Wildman–Crippen LogP) is 0.160. The van der Waals surface area contributed by atoms with Gasteiger partial charge in [0.05, 0.1) is 12.6 Å². The fourth-order valence-corrected chi connectivity index (χ4v) is 2.83. The second-order valence-electron chi connectivity index (χ2n) is 7.48. The van der Waals surface area contributed by atoms with E-state index in [1.165, 1.54) is 0 Å². The number of carbonyl (C=O) groups excluding carboxylic acids is 2. The third kappa shape index (κ3) is 4.43. The van der Waals surface area contributed by atoms with Crippen LogP contribution in [0.5, 0.6) is 0 Å². The summed E-state index contributed by atoms with van der Waals surface area (Å²) in [6.45, 7) is 10.6. The Morgan fingerprint density at radius 3 is 2.32 bits per heavy atom. The van der Waals surface area contributed by atoms with Gasteiger partial charge in [0, 0.05) is 45.7 Å². The van der Waals surface area contributed by atoms with Crippen molar-refractivity contribution >= 4 is 11.8 Å². The maximum absolute atomic E-state index is 12.3. The second-order valence-corrected chi connectivity index (χ2v) is 7.48. The molecule has 0 spiro atoms. The lowest BCUT2D eigenvalue weighted by Crippen LogP contribution is -2.53. The number of nitrogens with zero attached hydrogens (tertiary/aromatic N) is 3. The Morgan fingerprint density at radius 2 is 1.82 bits per heavy atom. The zero-order chi connectivity index (χ0) is 16.3. The van der Waals surface area contributed by atoms with Crippen LogP contribution in [0.3, 0.4) is 0 Å². The first-order valence-electron chi connectivity index (χ1n) is 8.23. The van der Waals surface area contributed by atoms with Crippen LogP contribution in [0.15, 0.2) is 0 Å². The van der Waals surface area contributed by atoms with Gasteiger partial charge in [0.2, 0.25) is 11.8 Å². The Hall–Kier alpha value is -1.14. The first kappa shape index (κ1) is 17.2.